The van der Waals surface area contributed by atoms with E-state index in [4.69, 9.17) is 15.7 Å². The van der Waals surface area contributed by atoms with Crippen LogP contribution in [-0.2, 0) is 9.63 Å². The lowest BCUT2D eigenvalue weighted by molar-refractivity contribution is -0.130. The molecule has 6 heteroatoms. The number of aliphatic hydroxyl groups is 1. The molecule has 0 bridgehead atoms. The molecule has 0 unspecified atom stereocenters. The molecule has 0 aliphatic rings. The average Bonchev–Trinajstić information content (AvgIpc) is 2.09. The van der Waals surface area contributed by atoms with Crippen LogP contribution in [0.1, 0.15) is 27.2 Å². The van der Waals surface area contributed by atoms with E-state index in [1.165, 1.54) is 0 Å². The SMILES string of the molecule is CC(C)(C)O/N=C(\C[C@H](O)CN)C(=O)O. The van der Waals surface area contributed by atoms with Crippen molar-refractivity contribution in [3.8, 4) is 0 Å². The summed E-state index contributed by atoms with van der Waals surface area (Å²) in [5, 5.41) is 21.4. The van der Waals surface area contributed by atoms with Gasteiger partial charge in [-0.05, 0) is 20.8 Å². The van der Waals surface area contributed by atoms with Gasteiger partial charge in [-0.1, -0.05) is 5.16 Å². The monoisotopic (exact) mass is 218 g/mol. The third-order valence-electron chi connectivity index (χ3n) is 1.38. The first kappa shape index (κ1) is 13.9. The molecule has 0 aromatic rings. The summed E-state index contributed by atoms with van der Waals surface area (Å²) in [6.07, 6.45) is -1.04. The lowest BCUT2D eigenvalue weighted by Gasteiger charge is -2.16. The Kier molecular flexibility index (Phi) is 5.24. The number of rotatable bonds is 5. The first-order valence-corrected chi connectivity index (χ1v) is 4.62. The summed E-state index contributed by atoms with van der Waals surface area (Å²) in [7, 11) is 0. The highest BCUT2D eigenvalue weighted by molar-refractivity contribution is 6.35. The first-order chi connectivity index (χ1) is 6.76. The maximum atomic E-state index is 10.7. The number of aliphatic hydroxyl groups excluding tert-OH is 1. The Morgan fingerprint density at radius 1 is 1.53 bits per heavy atom. The number of carbonyl (C=O) groups is 1. The second-order valence-corrected chi connectivity index (χ2v) is 4.14. The molecular formula is C9H18N2O4. The zero-order chi connectivity index (χ0) is 12.1. The molecule has 0 spiro atoms. The topological polar surface area (TPSA) is 105 Å². The maximum Gasteiger partial charge on any atom is 0.353 e. The molecule has 0 aliphatic carbocycles. The summed E-state index contributed by atoms with van der Waals surface area (Å²) < 4.78 is 0. The molecule has 0 amide bonds. The Labute approximate surface area is 88.7 Å². The fourth-order valence-corrected chi connectivity index (χ4v) is 0.662. The van der Waals surface area contributed by atoms with E-state index in [1.807, 2.05) is 0 Å². The molecule has 4 N–H and O–H groups in total. The second-order valence-electron chi connectivity index (χ2n) is 4.14. The van der Waals surface area contributed by atoms with Gasteiger partial charge in [-0.25, -0.2) is 4.79 Å². The molecule has 1 atom stereocenters. The van der Waals surface area contributed by atoms with Crippen LogP contribution < -0.4 is 5.73 Å². The number of oxime groups is 1. The molecular weight excluding hydrogens is 200 g/mol. The number of aliphatic carboxylic acids is 1. The van der Waals surface area contributed by atoms with Gasteiger partial charge >= 0.3 is 5.97 Å². The highest BCUT2D eigenvalue weighted by Gasteiger charge is 2.17. The standard InChI is InChI=1S/C9H18N2O4/c1-9(2,3)15-11-7(8(13)14)4-6(12)5-10/h6,12H,4-5,10H2,1-3H3,(H,13,14)/b11-7+/t6-/m0/s1. The maximum absolute atomic E-state index is 10.7. The van der Waals surface area contributed by atoms with Crippen LogP contribution in [0, 0.1) is 0 Å². The highest BCUT2D eigenvalue weighted by Crippen LogP contribution is 2.08. The van der Waals surface area contributed by atoms with Crippen molar-refractivity contribution in [3.63, 3.8) is 0 Å². The Hall–Kier alpha value is -1.14. The van der Waals surface area contributed by atoms with E-state index in [0.717, 1.165) is 0 Å². The van der Waals surface area contributed by atoms with Gasteiger partial charge < -0.3 is 20.8 Å². The van der Waals surface area contributed by atoms with Gasteiger partial charge in [0.1, 0.15) is 5.60 Å². The Bertz CT molecular complexity index is 245. The Morgan fingerprint density at radius 2 is 2.07 bits per heavy atom. The van der Waals surface area contributed by atoms with E-state index in [1.54, 1.807) is 20.8 Å². The van der Waals surface area contributed by atoms with Gasteiger partial charge in [0.2, 0.25) is 0 Å². The summed E-state index contributed by atoms with van der Waals surface area (Å²) in [5.74, 6) is -1.22. The van der Waals surface area contributed by atoms with Crippen LogP contribution >= 0.6 is 0 Å². The predicted octanol–water partition coefficient (Wildman–Crippen LogP) is -0.0482. The van der Waals surface area contributed by atoms with Crippen LogP contribution in [0.3, 0.4) is 0 Å². The Morgan fingerprint density at radius 3 is 2.40 bits per heavy atom. The molecule has 6 nitrogen and oxygen atoms in total. The van der Waals surface area contributed by atoms with E-state index in [9.17, 15) is 9.90 Å². The normalized spacial score (nSPS) is 14.9. The van der Waals surface area contributed by atoms with E-state index in [2.05, 4.69) is 5.16 Å². The van der Waals surface area contributed by atoms with Crippen molar-refractivity contribution in [1.82, 2.24) is 0 Å². The van der Waals surface area contributed by atoms with Crippen molar-refractivity contribution in [2.45, 2.75) is 38.9 Å². The third kappa shape index (κ3) is 6.87. The second kappa shape index (κ2) is 5.67. The lowest BCUT2D eigenvalue weighted by Crippen LogP contribution is -2.28. The average molecular weight is 218 g/mol. The van der Waals surface area contributed by atoms with Crippen LogP contribution in [0.5, 0.6) is 0 Å². The highest BCUT2D eigenvalue weighted by atomic mass is 16.6. The lowest BCUT2D eigenvalue weighted by atomic mass is 10.2. The van der Waals surface area contributed by atoms with Gasteiger partial charge in [-0.3, -0.25) is 0 Å². The summed E-state index contributed by atoms with van der Waals surface area (Å²) in [6.45, 7) is 5.22. The summed E-state index contributed by atoms with van der Waals surface area (Å²) >= 11 is 0. The molecule has 0 radical (unpaired) electrons. The predicted molar refractivity (Wildman–Crippen MR) is 55.6 cm³/mol. The van der Waals surface area contributed by atoms with E-state index >= 15 is 0 Å². The van der Waals surface area contributed by atoms with Gasteiger partial charge in [-0.15, -0.1) is 0 Å². The fraction of sp³-hybridized carbons (Fsp3) is 0.778. The molecule has 0 saturated heterocycles. The van der Waals surface area contributed by atoms with Crippen LogP contribution in [0.2, 0.25) is 0 Å². The molecule has 0 aromatic carbocycles. The van der Waals surface area contributed by atoms with Gasteiger partial charge in [0, 0.05) is 13.0 Å². The van der Waals surface area contributed by atoms with Crippen molar-refractivity contribution < 1.29 is 19.8 Å². The summed E-state index contributed by atoms with van der Waals surface area (Å²) in [4.78, 5) is 15.7. The number of carboxylic acid groups (broad SMARTS) is 1. The molecule has 88 valence electrons. The van der Waals surface area contributed by atoms with E-state index < -0.39 is 17.7 Å². The van der Waals surface area contributed by atoms with Gasteiger partial charge in [-0.2, -0.15) is 0 Å². The first-order valence-electron chi connectivity index (χ1n) is 4.62. The number of hydrogen-bond acceptors (Lipinski definition) is 5. The summed E-state index contributed by atoms with van der Waals surface area (Å²) in [6, 6.07) is 0. The largest absolute Gasteiger partial charge is 0.477 e. The van der Waals surface area contributed by atoms with Crippen molar-refractivity contribution >= 4 is 11.7 Å². The van der Waals surface area contributed by atoms with Crippen molar-refractivity contribution in [3.05, 3.63) is 0 Å². The van der Waals surface area contributed by atoms with Crippen LogP contribution in [0.4, 0.5) is 0 Å². The number of carboxylic acids is 1. The molecule has 0 rings (SSSR count). The van der Waals surface area contributed by atoms with E-state index in [0.29, 0.717) is 0 Å². The van der Waals surface area contributed by atoms with Crippen molar-refractivity contribution in [2.24, 2.45) is 10.9 Å². The zero-order valence-corrected chi connectivity index (χ0v) is 9.23. The zero-order valence-electron chi connectivity index (χ0n) is 9.23. The van der Waals surface area contributed by atoms with Gasteiger partial charge in [0.15, 0.2) is 5.71 Å². The molecule has 0 aliphatic heterocycles. The minimum Gasteiger partial charge on any atom is -0.477 e. The number of nitrogens with zero attached hydrogens (tertiary/aromatic N) is 1. The molecule has 0 aromatic heterocycles. The fourth-order valence-electron chi connectivity index (χ4n) is 0.662. The smallest absolute Gasteiger partial charge is 0.353 e. The van der Waals surface area contributed by atoms with Crippen molar-refractivity contribution in [2.75, 3.05) is 6.54 Å². The van der Waals surface area contributed by atoms with Crippen LogP contribution in [-0.4, -0.2) is 40.1 Å². The van der Waals surface area contributed by atoms with Gasteiger partial charge in [0.25, 0.3) is 0 Å². The molecule has 0 saturated carbocycles. The van der Waals surface area contributed by atoms with Gasteiger partial charge in [0.05, 0.1) is 6.10 Å². The third-order valence-corrected chi connectivity index (χ3v) is 1.38. The molecule has 15 heavy (non-hydrogen) atoms. The van der Waals surface area contributed by atoms with E-state index in [-0.39, 0.29) is 18.7 Å². The Balaban J connectivity index is 4.46. The minimum absolute atomic E-state index is 0.0121. The minimum atomic E-state index is -1.22. The molecule has 0 heterocycles. The quantitative estimate of drug-likeness (QED) is 0.443. The summed E-state index contributed by atoms with van der Waals surface area (Å²) in [5.41, 5.74) is 4.37. The van der Waals surface area contributed by atoms with Crippen LogP contribution in [0.15, 0.2) is 5.16 Å². The number of hydrogen-bond donors (Lipinski definition) is 3. The molecule has 0 fully saturated rings. The van der Waals surface area contributed by atoms with Crippen LogP contribution in [0.25, 0.3) is 0 Å². The number of nitrogens with two attached hydrogens (primary N) is 1. The van der Waals surface area contributed by atoms with Crippen molar-refractivity contribution in [1.29, 1.82) is 0 Å².